The molecule has 0 aromatic heterocycles. The van der Waals surface area contributed by atoms with Crippen molar-refractivity contribution >= 4 is 21.9 Å². The molecule has 1 N–H and O–H groups in total. The Balaban J connectivity index is 2.93. The maximum Gasteiger partial charge on any atom is 0.345 e. The second-order valence-electron chi connectivity index (χ2n) is 4.41. The fourth-order valence-electron chi connectivity index (χ4n) is 1.59. The van der Waals surface area contributed by atoms with Crippen molar-refractivity contribution in [1.29, 1.82) is 0 Å². The SMILES string of the molecule is Cc1cc(CBr)cc(OC(C(=O)O)C(C)C)c1. The normalized spacial score (nSPS) is 12.5. The van der Waals surface area contributed by atoms with E-state index in [0.717, 1.165) is 16.5 Å². The molecule has 0 spiro atoms. The van der Waals surface area contributed by atoms with Gasteiger partial charge in [0.2, 0.25) is 0 Å². The Bertz CT molecular complexity index is 402. The summed E-state index contributed by atoms with van der Waals surface area (Å²) in [5, 5.41) is 9.79. The van der Waals surface area contributed by atoms with Crippen LogP contribution in [0.3, 0.4) is 0 Å². The second kappa shape index (κ2) is 6.05. The minimum Gasteiger partial charge on any atom is -0.478 e. The zero-order valence-electron chi connectivity index (χ0n) is 10.2. The summed E-state index contributed by atoms with van der Waals surface area (Å²) >= 11 is 3.38. The van der Waals surface area contributed by atoms with Crippen molar-refractivity contribution in [2.24, 2.45) is 5.92 Å². The quantitative estimate of drug-likeness (QED) is 0.848. The predicted octanol–water partition coefficient (Wildman–Crippen LogP) is 3.38. The number of rotatable bonds is 5. The summed E-state index contributed by atoms with van der Waals surface area (Å²) in [7, 11) is 0. The highest BCUT2D eigenvalue weighted by molar-refractivity contribution is 9.08. The van der Waals surface area contributed by atoms with Crippen LogP contribution < -0.4 is 4.74 Å². The average Bonchev–Trinajstić information content (AvgIpc) is 2.24. The first-order valence-electron chi connectivity index (χ1n) is 5.50. The molecule has 0 saturated heterocycles. The van der Waals surface area contributed by atoms with Gasteiger partial charge in [-0.25, -0.2) is 4.79 Å². The van der Waals surface area contributed by atoms with Crippen LogP contribution in [0.15, 0.2) is 18.2 Å². The highest BCUT2D eigenvalue weighted by Gasteiger charge is 2.23. The molecule has 1 rings (SSSR count). The summed E-state index contributed by atoms with van der Waals surface area (Å²) in [6.07, 6.45) is -0.806. The maximum absolute atomic E-state index is 11.1. The number of aryl methyl sites for hydroxylation is 1. The second-order valence-corrected chi connectivity index (χ2v) is 4.97. The Morgan fingerprint density at radius 1 is 1.41 bits per heavy atom. The van der Waals surface area contributed by atoms with E-state index in [1.165, 1.54) is 0 Å². The van der Waals surface area contributed by atoms with Crippen LogP contribution in [0.2, 0.25) is 0 Å². The Morgan fingerprint density at radius 3 is 2.53 bits per heavy atom. The van der Waals surface area contributed by atoms with Crippen LogP contribution in [0.1, 0.15) is 25.0 Å². The molecule has 0 radical (unpaired) electrons. The first-order valence-corrected chi connectivity index (χ1v) is 6.62. The molecular weight excluding hydrogens is 284 g/mol. The van der Waals surface area contributed by atoms with Gasteiger partial charge in [0.05, 0.1) is 0 Å². The lowest BCUT2D eigenvalue weighted by Crippen LogP contribution is -2.32. The van der Waals surface area contributed by atoms with Crippen LogP contribution in [-0.2, 0) is 10.1 Å². The lowest BCUT2D eigenvalue weighted by Gasteiger charge is -2.19. The molecule has 1 unspecified atom stereocenters. The van der Waals surface area contributed by atoms with Gasteiger partial charge in [0, 0.05) is 11.2 Å². The van der Waals surface area contributed by atoms with E-state index in [1.54, 1.807) is 0 Å². The molecule has 0 aliphatic rings. The third-order valence-electron chi connectivity index (χ3n) is 2.38. The molecule has 0 fully saturated rings. The van der Waals surface area contributed by atoms with Crippen LogP contribution in [-0.4, -0.2) is 17.2 Å². The lowest BCUT2D eigenvalue weighted by molar-refractivity contribution is -0.147. The molecule has 17 heavy (non-hydrogen) atoms. The Hall–Kier alpha value is -1.03. The Kier molecular flexibility index (Phi) is 5.00. The smallest absolute Gasteiger partial charge is 0.345 e. The molecule has 0 bridgehead atoms. The molecule has 1 aromatic rings. The number of alkyl halides is 1. The molecule has 94 valence electrons. The number of ether oxygens (including phenoxy) is 1. The number of carboxylic acids is 1. The average molecular weight is 301 g/mol. The van der Waals surface area contributed by atoms with E-state index in [1.807, 2.05) is 39.0 Å². The molecule has 0 aliphatic carbocycles. The van der Waals surface area contributed by atoms with Gasteiger partial charge in [-0.05, 0) is 30.2 Å². The van der Waals surface area contributed by atoms with Gasteiger partial charge in [-0.3, -0.25) is 0 Å². The zero-order chi connectivity index (χ0) is 13.0. The van der Waals surface area contributed by atoms with Gasteiger partial charge in [0.1, 0.15) is 5.75 Å². The van der Waals surface area contributed by atoms with Gasteiger partial charge < -0.3 is 9.84 Å². The third-order valence-corrected chi connectivity index (χ3v) is 3.02. The van der Waals surface area contributed by atoms with E-state index >= 15 is 0 Å². The number of carboxylic acid groups (broad SMARTS) is 1. The standard InChI is InChI=1S/C13H17BrO3/c1-8(2)12(13(15)16)17-11-5-9(3)4-10(6-11)7-14/h4-6,8,12H,7H2,1-3H3,(H,15,16). The molecule has 4 heteroatoms. The molecule has 3 nitrogen and oxygen atoms in total. The molecule has 0 saturated carbocycles. The molecule has 0 heterocycles. The number of halogens is 1. The van der Waals surface area contributed by atoms with Crippen LogP contribution in [0, 0.1) is 12.8 Å². The number of hydrogen-bond acceptors (Lipinski definition) is 2. The molecule has 0 amide bonds. The third kappa shape index (κ3) is 4.04. The minimum atomic E-state index is -0.929. The lowest BCUT2D eigenvalue weighted by atomic mass is 10.1. The fourth-order valence-corrected chi connectivity index (χ4v) is 1.91. The summed E-state index contributed by atoms with van der Waals surface area (Å²) in [5.41, 5.74) is 2.14. The maximum atomic E-state index is 11.1. The Morgan fingerprint density at radius 2 is 2.06 bits per heavy atom. The van der Waals surface area contributed by atoms with E-state index in [2.05, 4.69) is 15.9 Å². The minimum absolute atomic E-state index is 0.0690. The summed E-state index contributed by atoms with van der Waals surface area (Å²) in [6, 6.07) is 5.75. The molecule has 1 atom stereocenters. The van der Waals surface area contributed by atoms with Crippen LogP contribution in [0.25, 0.3) is 0 Å². The van der Waals surface area contributed by atoms with Gasteiger partial charge in [-0.15, -0.1) is 0 Å². The summed E-state index contributed by atoms with van der Waals surface area (Å²) < 4.78 is 5.54. The summed E-state index contributed by atoms with van der Waals surface area (Å²) in [6.45, 7) is 5.63. The number of benzene rings is 1. The zero-order valence-corrected chi connectivity index (χ0v) is 11.8. The van der Waals surface area contributed by atoms with E-state index in [-0.39, 0.29) is 5.92 Å². The van der Waals surface area contributed by atoms with Crippen molar-refractivity contribution in [1.82, 2.24) is 0 Å². The van der Waals surface area contributed by atoms with E-state index in [4.69, 9.17) is 9.84 Å². The van der Waals surface area contributed by atoms with Crippen molar-refractivity contribution < 1.29 is 14.6 Å². The summed E-state index contributed by atoms with van der Waals surface area (Å²) in [4.78, 5) is 11.1. The van der Waals surface area contributed by atoms with Crippen LogP contribution in [0.4, 0.5) is 0 Å². The fraction of sp³-hybridized carbons (Fsp3) is 0.462. The van der Waals surface area contributed by atoms with Crippen molar-refractivity contribution in [3.05, 3.63) is 29.3 Å². The predicted molar refractivity (Wildman–Crippen MR) is 70.7 cm³/mol. The van der Waals surface area contributed by atoms with Crippen molar-refractivity contribution in [2.75, 3.05) is 0 Å². The number of hydrogen-bond donors (Lipinski definition) is 1. The first-order chi connectivity index (χ1) is 7.93. The van der Waals surface area contributed by atoms with Crippen LogP contribution >= 0.6 is 15.9 Å². The highest BCUT2D eigenvalue weighted by Crippen LogP contribution is 2.21. The van der Waals surface area contributed by atoms with Gasteiger partial charge in [-0.2, -0.15) is 0 Å². The number of aliphatic carboxylic acids is 1. The van der Waals surface area contributed by atoms with Gasteiger partial charge in [0.25, 0.3) is 0 Å². The van der Waals surface area contributed by atoms with Crippen molar-refractivity contribution in [3.8, 4) is 5.75 Å². The Labute approximate surface area is 110 Å². The highest BCUT2D eigenvalue weighted by atomic mass is 79.9. The molecule has 1 aromatic carbocycles. The molecule has 0 aliphatic heterocycles. The van der Waals surface area contributed by atoms with E-state index in [9.17, 15) is 4.79 Å². The van der Waals surface area contributed by atoms with Gasteiger partial charge >= 0.3 is 5.97 Å². The monoisotopic (exact) mass is 300 g/mol. The van der Waals surface area contributed by atoms with E-state index in [0.29, 0.717) is 5.75 Å². The van der Waals surface area contributed by atoms with Crippen LogP contribution in [0.5, 0.6) is 5.75 Å². The molecular formula is C13H17BrO3. The largest absolute Gasteiger partial charge is 0.478 e. The van der Waals surface area contributed by atoms with Crippen molar-refractivity contribution in [2.45, 2.75) is 32.2 Å². The first kappa shape index (κ1) is 14.0. The van der Waals surface area contributed by atoms with Crippen molar-refractivity contribution in [3.63, 3.8) is 0 Å². The van der Waals surface area contributed by atoms with Gasteiger partial charge in [0.15, 0.2) is 6.10 Å². The number of carbonyl (C=O) groups is 1. The van der Waals surface area contributed by atoms with Gasteiger partial charge in [-0.1, -0.05) is 35.8 Å². The van der Waals surface area contributed by atoms with E-state index < -0.39 is 12.1 Å². The topological polar surface area (TPSA) is 46.5 Å². The summed E-state index contributed by atoms with van der Waals surface area (Å²) in [5.74, 6) is -0.386.